The first kappa shape index (κ1) is 32.1. The van der Waals surface area contributed by atoms with Crippen LogP contribution in [0.25, 0.3) is 0 Å². The Morgan fingerprint density at radius 3 is 2.23 bits per heavy atom. The first-order valence-corrected chi connectivity index (χ1v) is 15.0. The number of rotatable bonds is 12. The molecule has 1 saturated heterocycles. The van der Waals surface area contributed by atoms with Gasteiger partial charge >= 0.3 is 18.1 Å². The summed E-state index contributed by atoms with van der Waals surface area (Å²) in [5.41, 5.74) is 1.80. The maximum absolute atomic E-state index is 13.7. The molecule has 1 fully saturated rings. The van der Waals surface area contributed by atoms with Gasteiger partial charge in [0.2, 0.25) is 5.95 Å². The number of benzene rings is 2. The van der Waals surface area contributed by atoms with Gasteiger partial charge in [-0.05, 0) is 63.4 Å². The zero-order valence-corrected chi connectivity index (χ0v) is 25.8. The third kappa shape index (κ3) is 7.74. The molecule has 12 nitrogen and oxygen atoms in total. The van der Waals surface area contributed by atoms with Crippen LogP contribution in [0.15, 0.2) is 60.8 Å². The lowest BCUT2D eigenvalue weighted by Gasteiger charge is -2.30. The van der Waals surface area contributed by atoms with Crippen molar-refractivity contribution in [2.45, 2.75) is 46.1 Å². The Balaban J connectivity index is 1.59. The molecule has 0 aliphatic carbocycles. The number of hydrogen-bond donors (Lipinski definition) is 2. The molecule has 2 heterocycles. The highest BCUT2D eigenvalue weighted by molar-refractivity contribution is 6.04. The Hall–Kier alpha value is -4.87. The first-order valence-electron chi connectivity index (χ1n) is 15.0. The lowest BCUT2D eigenvalue weighted by atomic mass is 10.1. The van der Waals surface area contributed by atoms with E-state index in [4.69, 9.17) is 9.72 Å². The maximum atomic E-state index is 13.7. The Morgan fingerprint density at radius 1 is 0.977 bits per heavy atom. The number of aromatic nitrogens is 2. The zero-order valence-electron chi connectivity index (χ0n) is 25.8. The molecule has 44 heavy (non-hydrogen) atoms. The fourth-order valence-electron chi connectivity index (χ4n) is 5.04. The van der Waals surface area contributed by atoms with Crippen molar-refractivity contribution in [1.82, 2.24) is 14.9 Å². The number of carboxylic acids is 1. The van der Waals surface area contributed by atoms with Crippen LogP contribution in [-0.4, -0.2) is 83.9 Å². The molecule has 3 aromatic rings. The number of nitrogens with one attached hydrogen (secondary N) is 1. The number of para-hydroxylation sites is 1. The molecule has 1 atom stereocenters. The summed E-state index contributed by atoms with van der Waals surface area (Å²) in [4.78, 5) is 54.4. The van der Waals surface area contributed by atoms with Gasteiger partial charge in [-0.1, -0.05) is 30.3 Å². The molecule has 1 aromatic heterocycles. The SMILES string of the molecule is CCN(CC)c1ncc(N(CC)C(=O)N(C)c2ccccc2)c(N[C@@H](Cc2ccc(OC(=O)N3CCCC3)cc2)C(=O)O)n1. The molecule has 0 radical (unpaired) electrons. The number of carbonyl (C=O) groups excluding carboxylic acids is 2. The second-order valence-corrected chi connectivity index (χ2v) is 10.4. The Kier molecular flexibility index (Phi) is 11.0. The van der Waals surface area contributed by atoms with Gasteiger partial charge in [0, 0.05) is 51.9 Å². The Morgan fingerprint density at radius 2 is 1.64 bits per heavy atom. The van der Waals surface area contributed by atoms with Crippen LogP contribution in [0.4, 0.5) is 32.7 Å². The van der Waals surface area contributed by atoms with Gasteiger partial charge in [0.15, 0.2) is 5.82 Å². The van der Waals surface area contributed by atoms with E-state index in [9.17, 15) is 19.5 Å². The summed E-state index contributed by atoms with van der Waals surface area (Å²) in [6, 6.07) is 14.7. The Labute approximate surface area is 258 Å². The second-order valence-electron chi connectivity index (χ2n) is 10.4. The van der Waals surface area contributed by atoms with Crippen LogP contribution in [0.3, 0.4) is 0 Å². The molecule has 3 amide bonds. The van der Waals surface area contributed by atoms with Crippen LogP contribution < -0.4 is 24.8 Å². The van der Waals surface area contributed by atoms with E-state index < -0.39 is 12.0 Å². The first-order chi connectivity index (χ1) is 21.2. The van der Waals surface area contributed by atoms with Gasteiger partial charge in [0.1, 0.15) is 17.5 Å². The standard InChI is InChI=1S/C32H41N7O5/c1-5-37(6-2)30-33-22-27(39(7-3)31(42)36(4)24-13-9-8-10-14-24)28(35-30)34-26(29(40)41)21-23-15-17-25(18-16-23)44-32(43)38-19-11-12-20-38/h8-10,13-18,22,26H,5-7,11-12,19-21H2,1-4H3,(H,40,41)(H,33,34,35)/t26-/m0/s1. The van der Waals surface area contributed by atoms with E-state index in [0.29, 0.717) is 55.8 Å². The highest BCUT2D eigenvalue weighted by atomic mass is 16.6. The summed E-state index contributed by atoms with van der Waals surface area (Å²) in [5, 5.41) is 13.3. The van der Waals surface area contributed by atoms with Crippen molar-refractivity contribution in [2.75, 3.05) is 59.8 Å². The third-order valence-corrected chi connectivity index (χ3v) is 7.61. The van der Waals surface area contributed by atoms with Gasteiger partial charge in [-0.3, -0.25) is 9.80 Å². The molecule has 1 aliphatic heterocycles. The smallest absolute Gasteiger partial charge is 0.415 e. The fourth-order valence-corrected chi connectivity index (χ4v) is 5.04. The van der Waals surface area contributed by atoms with Crippen molar-refractivity contribution in [3.63, 3.8) is 0 Å². The van der Waals surface area contributed by atoms with Crippen LogP contribution in [0.2, 0.25) is 0 Å². The van der Waals surface area contributed by atoms with Crippen molar-refractivity contribution in [1.29, 1.82) is 0 Å². The Bertz CT molecular complexity index is 1410. The highest BCUT2D eigenvalue weighted by Gasteiger charge is 2.27. The predicted molar refractivity (Wildman–Crippen MR) is 171 cm³/mol. The van der Waals surface area contributed by atoms with Gasteiger partial charge in [0.25, 0.3) is 0 Å². The molecular formula is C32H41N7O5. The number of hydrogen-bond acceptors (Lipinski definition) is 8. The van der Waals surface area contributed by atoms with E-state index in [0.717, 1.165) is 18.4 Å². The van der Waals surface area contributed by atoms with Crippen molar-refractivity contribution in [3.05, 3.63) is 66.4 Å². The summed E-state index contributed by atoms with van der Waals surface area (Å²) in [5.74, 6) is -0.0251. The van der Waals surface area contributed by atoms with Gasteiger partial charge in [-0.25, -0.2) is 19.4 Å². The topological polar surface area (TPSA) is 131 Å². The summed E-state index contributed by atoms with van der Waals surface area (Å²) in [6.45, 7) is 8.78. The minimum absolute atomic E-state index is 0.115. The monoisotopic (exact) mass is 603 g/mol. The maximum Gasteiger partial charge on any atom is 0.415 e. The molecule has 12 heteroatoms. The van der Waals surface area contributed by atoms with Crippen molar-refractivity contribution in [2.24, 2.45) is 0 Å². The van der Waals surface area contributed by atoms with Crippen molar-refractivity contribution < 1.29 is 24.2 Å². The fraction of sp³-hybridized carbons (Fsp3) is 0.406. The second kappa shape index (κ2) is 15.0. The lowest BCUT2D eigenvalue weighted by molar-refractivity contribution is -0.137. The number of carbonyl (C=O) groups is 3. The summed E-state index contributed by atoms with van der Waals surface area (Å²) in [6.07, 6.45) is 3.23. The average molecular weight is 604 g/mol. The van der Waals surface area contributed by atoms with E-state index in [2.05, 4.69) is 10.3 Å². The largest absolute Gasteiger partial charge is 0.480 e. The molecule has 0 bridgehead atoms. The molecule has 2 N–H and O–H groups in total. The number of ether oxygens (including phenoxy) is 1. The summed E-state index contributed by atoms with van der Waals surface area (Å²) < 4.78 is 5.48. The predicted octanol–water partition coefficient (Wildman–Crippen LogP) is 5.11. The van der Waals surface area contributed by atoms with Crippen LogP contribution in [0.1, 0.15) is 39.2 Å². The lowest BCUT2D eigenvalue weighted by Crippen LogP contribution is -2.42. The van der Waals surface area contributed by atoms with Gasteiger partial charge < -0.3 is 25.0 Å². The quantitative estimate of drug-likeness (QED) is 0.290. The van der Waals surface area contributed by atoms with Gasteiger partial charge in [-0.15, -0.1) is 0 Å². The van der Waals surface area contributed by atoms with E-state index in [1.165, 1.54) is 9.80 Å². The van der Waals surface area contributed by atoms with Gasteiger partial charge in [0.05, 0.1) is 6.20 Å². The van der Waals surface area contributed by atoms with E-state index >= 15 is 0 Å². The molecule has 2 aromatic carbocycles. The minimum Gasteiger partial charge on any atom is -0.480 e. The van der Waals surface area contributed by atoms with E-state index in [1.807, 2.05) is 56.0 Å². The zero-order chi connectivity index (χ0) is 31.6. The molecule has 1 aliphatic rings. The normalized spacial score (nSPS) is 13.2. The number of anilines is 4. The van der Waals surface area contributed by atoms with Gasteiger partial charge in [-0.2, -0.15) is 4.98 Å². The summed E-state index contributed by atoms with van der Waals surface area (Å²) >= 11 is 0. The third-order valence-electron chi connectivity index (χ3n) is 7.61. The molecule has 0 spiro atoms. The number of carboxylic acid groups (broad SMARTS) is 1. The minimum atomic E-state index is -1.08. The molecule has 234 valence electrons. The van der Waals surface area contributed by atoms with Crippen LogP contribution >= 0.6 is 0 Å². The number of likely N-dealkylation sites (tertiary alicyclic amines) is 1. The number of aliphatic carboxylic acids is 1. The average Bonchev–Trinajstić information content (AvgIpc) is 3.59. The molecular weight excluding hydrogens is 562 g/mol. The number of nitrogens with zero attached hydrogens (tertiary/aromatic N) is 6. The summed E-state index contributed by atoms with van der Waals surface area (Å²) in [7, 11) is 1.69. The van der Waals surface area contributed by atoms with E-state index in [-0.39, 0.29) is 24.4 Å². The van der Waals surface area contributed by atoms with Crippen LogP contribution in [0, 0.1) is 0 Å². The molecule has 0 unspecified atom stereocenters. The van der Waals surface area contributed by atoms with Crippen molar-refractivity contribution >= 4 is 41.2 Å². The van der Waals surface area contributed by atoms with Crippen molar-refractivity contribution in [3.8, 4) is 5.75 Å². The van der Waals surface area contributed by atoms with Crippen LogP contribution in [0.5, 0.6) is 5.75 Å². The van der Waals surface area contributed by atoms with E-state index in [1.54, 1.807) is 42.4 Å². The number of amides is 3. The van der Waals surface area contributed by atoms with Crippen LogP contribution in [-0.2, 0) is 11.2 Å². The highest BCUT2D eigenvalue weighted by Crippen LogP contribution is 2.29. The molecule has 4 rings (SSSR count). The number of urea groups is 1. The molecule has 0 saturated carbocycles.